The maximum absolute atomic E-state index is 12.6. The molecule has 1 aromatic carbocycles. The number of hydrogen-bond acceptors (Lipinski definition) is 2. The molecule has 1 aromatic rings. The minimum Gasteiger partial charge on any atom is -0.323 e. The van der Waals surface area contributed by atoms with Gasteiger partial charge in [0.1, 0.15) is 0 Å². The number of alkyl halides is 3. The molecular formula is C16H23F3N2. The highest BCUT2D eigenvalue weighted by Gasteiger charge is 2.41. The van der Waals surface area contributed by atoms with Crippen molar-refractivity contribution in [2.75, 3.05) is 19.6 Å². The van der Waals surface area contributed by atoms with Gasteiger partial charge < -0.3 is 10.6 Å². The lowest BCUT2D eigenvalue weighted by Crippen LogP contribution is -2.42. The third kappa shape index (κ3) is 4.20. The van der Waals surface area contributed by atoms with E-state index >= 15 is 0 Å². The molecule has 21 heavy (non-hydrogen) atoms. The van der Waals surface area contributed by atoms with E-state index in [1.54, 1.807) is 0 Å². The van der Waals surface area contributed by atoms with Gasteiger partial charge in [0.2, 0.25) is 0 Å². The van der Waals surface area contributed by atoms with Crippen molar-refractivity contribution in [2.45, 2.75) is 38.9 Å². The molecule has 0 bridgehead atoms. The van der Waals surface area contributed by atoms with Crippen molar-refractivity contribution in [3.63, 3.8) is 0 Å². The van der Waals surface area contributed by atoms with Gasteiger partial charge in [-0.15, -0.1) is 0 Å². The molecule has 2 N–H and O–H groups in total. The van der Waals surface area contributed by atoms with E-state index in [1.807, 2.05) is 26.0 Å². The Kier molecular flexibility index (Phi) is 4.94. The molecule has 1 aliphatic rings. The smallest absolute Gasteiger partial charge is 0.323 e. The number of halogens is 3. The van der Waals surface area contributed by atoms with Crippen LogP contribution >= 0.6 is 0 Å². The van der Waals surface area contributed by atoms with Gasteiger partial charge in [0.05, 0.1) is 5.92 Å². The highest BCUT2D eigenvalue weighted by molar-refractivity contribution is 5.33. The van der Waals surface area contributed by atoms with E-state index < -0.39 is 12.1 Å². The highest BCUT2D eigenvalue weighted by Crippen LogP contribution is 2.34. The fraction of sp³-hybridized carbons (Fsp3) is 0.625. The molecule has 2 rings (SSSR count). The van der Waals surface area contributed by atoms with E-state index in [0.717, 1.165) is 16.7 Å². The van der Waals surface area contributed by atoms with E-state index in [1.165, 1.54) is 0 Å². The van der Waals surface area contributed by atoms with Crippen molar-refractivity contribution in [3.05, 3.63) is 34.9 Å². The van der Waals surface area contributed by atoms with E-state index in [2.05, 4.69) is 11.0 Å². The molecule has 5 heteroatoms. The zero-order chi connectivity index (χ0) is 15.6. The Bertz CT molecular complexity index is 477. The molecule has 0 spiro atoms. The average molecular weight is 300 g/mol. The number of nitrogens with zero attached hydrogens (tertiary/aromatic N) is 1. The summed E-state index contributed by atoms with van der Waals surface area (Å²) in [6.07, 6.45) is -3.69. The maximum Gasteiger partial charge on any atom is 0.391 e. The Hall–Kier alpha value is -1.07. The number of nitrogens with two attached hydrogens (primary N) is 1. The zero-order valence-electron chi connectivity index (χ0n) is 12.6. The van der Waals surface area contributed by atoms with Crippen molar-refractivity contribution in [1.82, 2.24) is 4.90 Å². The molecule has 0 aliphatic carbocycles. The number of aryl methyl sites for hydroxylation is 2. The number of benzene rings is 1. The summed E-state index contributed by atoms with van der Waals surface area (Å²) >= 11 is 0. The van der Waals surface area contributed by atoms with E-state index in [9.17, 15) is 13.2 Å². The molecule has 2 nitrogen and oxygen atoms in total. The Morgan fingerprint density at radius 2 is 1.86 bits per heavy atom. The molecule has 1 saturated heterocycles. The quantitative estimate of drug-likeness (QED) is 0.924. The zero-order valence-corrected chi connectivity index (χ0v) is 12.6. The Labute approximate surface area is 124 Å². The van der Waals surface area contributed by atoms with Gasteiger partial charge in [0, 0.05) is 12.6 Å². The first-order valence-electron chi connectivity index (χ1n) is 7.39. The summed E-state index contributed by atoms with van der Waals surface area (Å²) in [6, 6.07) is 6.01. The van der Waals surface area contributed by atoms with Crippen LogP contribution in [0.5, 0.6) is 0 Å². The van der Waals surface area contributed by atoms with Gasteiger partial charge in [-0.2, -0.15) is 13.2 Å². The lowest BCUT2D eigenvalue weighted by atomic mass is 9.94. The summed E-state index contributed by atoms with van der Waals surface area (Å²) in [6.45, 7) is 5.61. The topological polar surface area (TPSA) is 29.3 Å². The third-order valence-corrected chi connectivity index (χ3v) is 4.34. The summed E-state index contributed by atoms with van der Waals surface area (Å²) in [5, 5.41) is 0. The summed E-state index contributed by atoms with van der Waals surface area (Å²) in [7, 11) is 0. The second kappa shape index (κ2) is 6.36. The number of likely N-dealkylation sites (tertiary alicyclic amines) is 1. The van der Waals surface area contributed by atoms with Gasteiger partial charge in [0.15, 0.2) is 0 Å². The van der Waals surface area contributed by atoms with Crippen molar-refractivity contribution < 1.29 is 13.2 Å². The fourth-order valence-electron chi connectivity index (χ4n) is 2.98. The first-order chi connectivity index (χ1) is 9.77. The molecule has 0 saturated carbocycles. The SMILES string of the molecule is Cc1ccc(C)c(C(N)CN2CCC(C(F)(F)F)CC2)c1. The maximum atomic E-state index is 12.6. The fourth-order valence-corrected chi connectivity index (χ4v) is 2.98. The van der Waals surface area contributed by atoms with Crippen LogP contribution in [-0.2, 0) is 0 Å². The van der Waals surface area contributed by atoms with E-state index in [0.29, 0.717) is 19.6 Å². The molecule has 1 atom stereocenters. The summed E-state index contributed by atoms with van der Waals surface area (Å²) in [5.74, 6) is -1.15. The number of piperidine rings is 1. The van der Waals surface area contributed by atoms with Gasteiger partial charge >= 0.3 is 6.18 Å². The van der Waals surface area contributed by atoms with Gasteiger partial charge in [-0.3, -0.25) is 0 Å². The van der Waals surface area contributed by atoms with Gasteiger partial charge in [-0.1, -0.05) is 23.8 Å². The molecule has 1 aliphatic heterocycles. The van der Waals surface area contributed by atoms with Crippen LogP contribution in [0.2, 0.25) is 0 Å². The largest absolute Gasteiger partial charge is 0.391 e. The summed E-state index contributed by atoms with van der Waals surface area (Å²) < 4.78 is 37.9. The van der Waals surface area contributed by atoms with Gasteiger partial charge in [-0.25, -0.2) is 0 Å². The van der Waals surface area contributed by atoms with Crippen LogP contribution in [0.15, 0.2) is 18.2 Å². The van der Waals surface area contributed by atoms with Crippen LogP contribution in [0, 0.1) is 19.8 Å². The number of rotatable bonds is 3. The van der Waals surface area contributed by atoms with E-state index in [-0.39, 0.29) is 18.9 Å². The Balaban J connectivity index is 1.93. The molecule has 1 heterocycles. The van der Waals surface area contributed by atoms with Crippen molar-refractivity contribution >= 4 is 0 Å². The molecule has 0 amide bonds. The predicted molar refractivity (Wildman–Crippen MR) is 78.1 cm³/mol. The Morgan fingerprint density at radius 3 is 2.43 bits per heavy atom. The molecule has 0 radical (unpaired) electrons. The standard InChI is InChI=1S/C16H23F3N2/c1-11-3-4-12(2)14(9-11)15(20)10-21-7-5-13(6-8-21)16(17,18)19/h3-4,9,13,15H,5-8,10,20H2,1-2H3. The highest BCUT2D eigenvalue weighted by atomic mass is 19.4. The minimum absolute atomic E-state index is 0.146. The Morgan fingerprint density at radius 1 is 1.24 bits per heavy atom. The second-order valence-corrected chi connectivity index (χ2v) is 6.08. The predicted octanol–water partition coefficient (Wildman–Crippen LogP) is 3.58. The van der Waals surface area contributed by atoms with Crippen LogP contribution < -0.4 is 5.73 Å². The lowest BCUT2D eigenvalue weighted by Gasteiger charge is -2.34. The second-order valence-electron chi connectivity index (χ2n) is 6.08. The van der Waals surface area contributed by atoms with Crippen LogP contribution in [-0.4, -0.2) is 30.7 Å². The van der Waals surface area contributed by atoms with E-state index in [4.69, 9.17) is 5.73 Å². The molecule has 1 fully saturated rings. The monoisotopic (exact) mass is 300 g/mol. The van der Waals surface area contributed by atoms with Crippen LogP contribution in [0.4, 0.5) is 13.2 Å². The van der Waals surface area contributed by atoms with Crippen LogP contribution in [0.3, 0.4) is 0 Å². The van der Waals surface area contributed by atoms with Crippen molar-refractivity contribution in [1.29, 1.82) is 0 Å². The lowest BCUT2D eigenvalue weighted by molar-refractivity contribution is -0.185. The normalized spacial score (nSPS) is 19.7. The van der Waals surface area contributed by atoms with Crippen LogP contribution in [0.1, 0.15) is 35.6 Å². The van der Waals surface area contributed by atoms with Gasteiger partial charge in [0.25, 0.3) is 0 Å². The third-order valence-electron chi connectivity index (χ3n) is 4.34. The number of hydrogen-bond donors (Lipinski definition) is 1. The van der Waals surface area contributed by atoms with Crippen LogP contribution in [0.25, 0.3) is 0 Å². The summed E-state index contributed by atoms with van der Waals surface area (Å²) in [5.41, 5.74) is 9.63. The first-order valence-corrected chi connectivity index (χ1v) is 7.39. The van der Waals surface area contributed by atoms with Gasteiger partial charge in [-0.05, 0) is 50.9 Å². The molecule has 0 aromatic heterocycles. The minimum atomic E-state index is -4.05. The summed E-state index contributed by atoms with van der Waals surface area (Å²) in [4.78, 5) is 2.05. The van der Waals surface area contributed by atoms with Crippen molar-refractivity contribution in [2.24, 2.45) is 11.7 Å². The van der Waals surface area contributed by atoms with Crippen molar-refractivity contribution in [3.8, 4) is 0 Å². The first kappa shape index (κ1) is 16.3. The molecule has 1 unspecified atom stereocenters. The molecular weight excluding hydrogens is 277 g/mol. The average Bonchev–Trinajstić information content (AvgIpc) is 2.41. The molecule has 118 valence electrons.